The van der Waals surface area contributed by atoms with Crippen molar-refractivity contribution in [3.05, 3.63) is 25.1 Å². The van der Waals surface area contributed by atoms with Crippen LogP contribution >= 0.6 is 0 Å². The van der Waals surface area contributed by atoms with E-state index in [1.165, 1.54) is 17.0 Å². The summed E-state index contributed by atoms with van der Waals surface area (Å²) in [6.45, 7) is 5.25. The van der Waals surface area contributed by atoms with Gasteiger partial charge in [-0.15, -0.1) is 0 Å². The van der Waals surface area contributed by atoms with Crippen molar-refractivity contribution < 1.29 is 4.39 Å². The summed E-state index contributed by atoms with van der Waals surface area (Å²) in [4.78, 5) is 3.37. The maximum atomic E-state index is 12.4. The highest BCUT2D eigenvalue weighted by Crippen LogP contribution is 2.01. The molecule has 0 aromatic carbocycles. The van der Waals surface area contributed by atoms with Crippen LogP contribution in [0.25, 0.3) is 5.70 Å². The minimum atomic E-state index is -0.512. The molecule has 0 saturated heterocycles. The molecule has 0 aliphatic rings. The molecule has 0 unspecified atom stereocenters. The van der Waals surface area contributed by atoms with E-state index in [4.69, 9.17) is 0 Å². The van der Waals surface area contributed by atoms with Crippen LogP contribution in [0.2, 0.25) is 0 Å². The van der Waals surface area contributed by atoms with E-state index in [0.717, 1.165) is 0 Å². The Labute approximate surface area is 52.6 Å². The molecule has 48 valence electrons. The van der Waals surface area contributed by atoms with Gasteiger partial charge in [-0.3, -0.25) is 4.57 Å². The van der Waals surface area contributed by atoms with Crippen molar-refractivity contribution >= 4 is 5.70 Å². The number of hydrogen-bond donors (Lipinski definition) is 0. The van der Waals surface area contributed by atoms with E-state index in [2.05, 4.69) is 11.6 Å². The van der Waals surface area contributed by atoms with Crippen LogP contribution < -0.4 is 0 Å². The second-order valence-corrected chi connectivity index (χ2v) is 1.80. The lowest BCUT2D eigenvalue weighted by Gasteiger charge is -1.96. The molecule has 0 aliphatic carbocycles. The van der Waals surface area contributed by atoms with Gasteiger partial charge in [-0.1, -0.05) is 6.58 Å². The summed E-state index contributed by atoms with van der Waals surface area (Å²) in [6.07, 6.45) is 2.41. The second-order valence-electron chi connectivity index (χ2n) is 1.80. The number of allylic oxidation sites excluding steroid dienone is 1. The van der Waals surface area contributed by atoms with Crippen LogP contribution in [0.4, 0.5) is 4.39 Å². The van der Waals surface area contributed by atoms with Gasteiger partial charge < -0.3 is 0 Å². The van der Waals surface area contributed by atoms with E-state index in [0.29, 0.717) is 5.70 Å². The molecule has 0 radical (unpaired) electrons. The predicted octanol–water partition coefficient (Wildman–Crippen LogP) is 1.51. The third-order valence-corrected chi connectivity index (χ3v) is 1.01. The third kappa shape index (κ3) is 0.988. The summed E-state index contributed by atoms with van der Waals surface area (Å²) in [5.74, 6) is 0. The molecule has 3 heteroatoms. The summed E-state index contributed by atoms with van der Waals surface area (Å²) < 4.78 is 13.7. The van der Waals surface area contributed by atoms with E-state index < -0.39 is 6.08 Å². The average Bonchev–Trinajstić information content (AvgIpc) is 2.13. The molecule has 0 aliphatic heterocycles. The first kappa shape index (κ1) is 6.01. The molecule has 0 bridgehead atoms. The van der Waals surface area contributed by atoms with Crippen molar-refractivity contribution in [3.8, 4) is 0 Å². The summed E-state index contributed by atoms with van der Waals surface area (Å²) in [7, 11) is 0. The predicted molar refractivity (Wildman–Crippen MR) is 33.2 cm³/mol. The molecule has 0 N–H and O–H groups in total. The van der Waals surface area contributed by atoms with Gasteiger partial charge in [0.05, 0.1) is 0 Å². The highest BCUT2D eigenvalue weighted by Gasteiger charge is 1.97. The van der Waals surface area contributed by atoms with Gasteiger partial charge in [0.1, 0.15) is 0 Å². The molecule has 0 fully saturated rings. The molecular formula is C6H7FN2. The first-order valence-corrected chi connectivity index (χ1v) is 2.56. The van der Waals surface area contributed by atoms with Gasteiger partial charge in [0, 0.05) is 18.1 Å². The lowest BCUT2D eigenvalue weighted by atomic mass is 10.5. The smallest absolute Gasteiger partial charge is 0.281 e. The second kappa shape index (κ2) is 2.01. The molecule has 1 rings (SSSR count). The van der Waals surface area contributed by atoms with E-state index >= 15 is 0 Å². The molecule has 0 spiro atoms. The minimum absolute atomic E-state index is 0.512. The van der Waals surface area contributed by atoms with Crippen LogP contribution in [0.1, 0.15) is 6.92 Å². The zero-order valence-electron chi connectivity index (χ0n) is 5.13. The zero-order chi connectivity index (χ0) is 6.85. The van der Waals surface area contributed by atoms with Crippen LogP contribution in [-0.2, 0) is 0 Å². The molecule has 1 heterocycles. The van der Waals surface area contributed by atoms with Crippen molar-refractivity contribution in [1.82, 2.24) is 9.55 Å². The Hall–Kier alpha value is -1.12. The van der Waals surface area contributed by atoms with E-state index in [1.54, 1.807) is 6.92 Å². The van der Waals surface area contributed by atoms with E-state index in [-0.39, 0.29) is 0 Å². The van der Waals surface area contributed by atoms with Crippen LogP contribution in [0.3, 0.4) is 0 Å². The molecule has 2 nitrogen and oxygen atoms in total. The van der Waals surface area contributed by atoms with Gasteiger partial charge >= 0.3 is 0 Å². The van der Waals surface area contributed by atoms with Crippen LogP contribution in [0, 0.1) is 6.08 Å². The van der Waals surface area contributed by atoms with E-state index in [1.807, 2.05) is 0 Å². The van der Waals surface area contributed by atoms with Crippen molar-refractivity contribution in [3.63, 3.8) is 0 Å². The highest BCUT2D eigenvalue weighted by atomic mass is 19.1. The van der Waals surface area contributed by atoms with E-state index in [9.17, 15) is 4.39 Å². The van der Waals surface area contributed by atoms with Gasteiger partial charge in [0.15, 0.2) is 0 Å². The third-order valence-electron chi connectivity index (χ3n) is 1.01. The first-order valence-electron chi connectivity index (χ1n) is 2.56. The van der Waals surface area contributed by atoms with Crippen molar-refractivity contribution in [1.29, 1.82) is 0 Å². The summed E-state index contributed by atoms with van der Waals surface area (Å²) in [5.41, 5.74) is 0.630. The summed E-state index contributed by atoms with van der Waals surface area (Å²) in [5, 5.41) is 0. The Morgan fingerprint density at radius 1 is 1.89 bits per heavy atom. The molecular weight excluding hydrogens is 119 g/mol. The maximum absolute atomic E-state index is 12.4. The largest absolute Gasteiger partial charge is 0.293 e. The van der Waals surface area contributed by atoms with Crippen molar-refractivity contribution in [2.45, 2.75) is 6.92 Å². The topological polar surface area (TPSA) is 17.8 Å². The number of halogens is 1. The van der Waals surface area contributed by atoms with Crippen molar-refractivity contribution in [2.24, 2.45) is 0 Å². The van der Waals surface area contributed by atoms with Crippen LogP contribution in [-0.4, -0.2) is 9.55 Å². The van der Waals surface area contributed by atoms with Gasteiger partial charge in [0.25, 0.3) is 6.08 Å². The normalized spacial score (nSPS) is 9.56. The Bertz CT molecular complexity index is 227. The van der Waals surface area contributed by atoms with Gasteiger partial charge in [-0.05, 0) is 6.92 Å². The number of rotatable bonds is 1. The number of nitrogens with zero attached hydrogens (tertiary/aromatic N) is 2. The quantitative estimate of drug-likeness (QED) is 0.557. The maximum Gasteiger partial charge on any atom is 0.293 e. The molecule has 0 saturated carbocycles. The molecule has 9 heavy (non-hydrogen) atoms. The summed E-state index contributed by atoms with van der Waals surface area (Å²) in [6, 6.07) is 0. The standard InChI is InChI=1S/C6H7FN2/c1-5(2)9-4-3-8-6(9)7/h3-4H,1H2,2H3. The summed E-state index contributed by atoms with van der Waals surface area (Å²) >= 11 is 0. The van der Waals surface area contributed by atoms with Crippen molar-refractivity contribution in [2.75, 3.05) is 0 Å². The molecule has 1 aromatic rings. The monoisotopic (exact) mass is 126 g/mol. The first-order chi connectivity index (χ1) is 4.22. The molecule has 0 amide bonds. The Morgan fingerprint density at radius 3 is 2.78 bits per heavy atom. The fourth-order valence-electron chi connectivity index (χ4n) is 0.570. The lowest BCUT2D eigenvalue weighted by Crippen LogP contribution is -1.93. The Kier molecular flexibility index (Phi) is 1.34. The van der Waals surface area contributed by atoms with Gasteiger partial charge in [-0.25, -0.2) is 4.98 Å². The number of imidazole rings is 1. The van der Waals surface area contributed by atoms with Crippen LogP contribution in [0.5, 0.6) is 0 Å². The van der Waals surface area contributed by atoms with Crippen LogP contribution in [0.15, 0.2) is 19.0 Å². The minimum Gasteiger partial charge on any atom is -0.281 e. The molecule has 0 atom stereocenters. The zero-order valence-corrected chi connectivity index (χ0v) is 5.13. The van der Waals surface area contributed by atoms with Gasteiger partial charge in [-0.2, -0.15) is 4.39 Å². The Balaban J connectivity index is 3.08. The fraction of sp³-hybridized carbons (Fsp3) is 0.167. The van der Waals surface area contributed by atoms with Gasteiger partial charge in [0.2, 0.25) is 0 Å². The Morgan fingerprint density at radius 2 is 2.56 bits per heavy atom. The lowest BCUT2D eigenvalue weighted by molar-refractivity contribution is 0.526. The average molecular weight is 126 g/mol. The number of aromatic nitrogens is 2. The number of hydrogen-bond acceptors (Lipinski definition) is 1. The fourth-order valence-corrected chi connectivity index (χ4v) is 0.570. The SMILES string of the molecule is C=C(C)n1ccnc1F. The molecule has 1 aromatic heterocycles. The highest BCUT2D eigenvalue weighted by molar-refractivity contribution is 5.36.